The van der Waals surface area contributed by atoms with E-state index in [1.165, 1.54) is 13.8 Å². The summed E-state index contributed by atoms with van der Waals surface area (Å²) >= 11 is 0. The van der Waals surface area contributed by atoms with E-state index in [9.17, 15) is 57.5 Å². The van der Waals surface area contributed by atoms with Crippen molar-refractivity contribution >= 4 is 70.8 Å². The second-order valence-electron chi connectivity index (χ2n) is 22.7. The Morgan fingerprint density at radius 2 is 0.723 bits per heavy atom. The predicted octanol–water partition coefficient (Wildman–Crippen LogP) is -1.33. The minimum atomic E-state index is -1.75. The molecule has 25 nitrogen and oxygen atoms in total. The van der Waals surface area contributed by atoms with Gasteiger partial charge in [-0.15, -0.1) is 0 Å². The quantitative estimate of drug-likeness (QED) is 0.0684. The average Bonchev–Trinajstić information content (AvgIpc) is 3.45. The van der Waals surface area contributed by atoms with E-state index in [-0.39, 0.29) is 76.3 Å². The van der Waals surface area contributed by atoms with Gasteiger partial charge in [0.1, 0.15) is 54.3 Å². The highest BCUT2D eigenvalue weighted by Crippen LogP contribution is 2.19. The third-order valence-corrected chi connectivity index (χ3v) is 13.8. The molecule has 0 bridgehead atoms. The van der Waals surface area contributed by atoms with Crippen LogP contribution < -0.4 is 70.8 Å². The lowest BCUT2D eigenvalue weighted by atomic mass is 9.85. The highest BCUT2D eigenvalue weighted by molar-refractivity contribution is 6.08. The van der Waals surface area contributed by atoms with Gasteiger partial charge in [-0.1, -0.05) is 116 Å². The Labute approximate surface area is 486 Å². The Hall–Kier alpha value is -7.80. The van der Waals surface area contributed by atoms with Crippen LogP contribution in [0.25, 0.3) is 0 Å². The van der Waals surface area contributed by atoms with E-state index in [0.717, 1.165) is 0 Å². The largest absolute Gasteiger partial charge is 0.370 e. The molecule has 11 amide bonds. The van der Waals surface area contributed by atoms with Crippen molar-refractivity contribution in [3.8, 4) is 0 Å². The Balaban J connectivity index is 2.32. The maximum atomic E-state index is 14.7. The molecule has 10 atom stereocenters. The van der Waals surface area contributed by atoms with Gasteiger partial charge in [-0.05, 0) is 86.4 Å². The Morgan fingerprint density at radius 1 is 0.398 bits per heavy atom. The molecule has 25 heteroatoms. The van der Waals surface area contributed by atoms with Crippen molar-refractivity contribution in [2.75, 3.05) is 13.1 Å². The van der Waals surface area contributed by atoms with Crippen LogP contribution in [0.5, 0.6) is 0 Å². The van der Waals surface area contributed by atoms with Gasteiger partial charge in [0.2, 0.25) is 65.0 Å². The second kappa shape index (κ2) is 34.6. The standard InChI is InChI=1S/C58H89N13O12/c1-31(2)25-40-53(78)69-43(28-36-19-13-10-14-20-36)55(80)70-44(30-46(62)73)56(81)71-48(34(7)8)58(83)64-38(22-16-24-60)51(76)67-41(26-32(3)4)52(77)68-42(27-35-17-11-9-12-18-35)54(79)65-39(29-45(61)72)49(74)47(33(5)6)57(82)63-37(21-15-23-59)50(75)66-40/h9-14,17-20,31-34,37-44,47-48H,15-16,21-30,59-60H2,1-8H3,(H2,61,72)(H2,62,73)(H,63,82)(H,64,83)(H,65,79)(H,66,75)(H,67,76)(H,68,77)(H,69,78)(H,70,80)(H,71,81)/t37-,38-,39-,40-,41-,42+,43+,44-,47-,48-/m0/s1. The number of hydrogen-bond acceptors (Lipinski definition) is 14. The number of carbonyl (C=O) groups excluding carboxylic acids is 12. The number of primary amides is 2. The van der Waals surface area contributed by atoms with Crippen LogP contribution in [0.3, 0.4) is 0 Å². The maximum absolute atomic E-state index is 14.7. The summed E-state index contributed by atoms with van der Waals surface area (Å²) in [7, 11) is 0. The summed E-state index contributed by atoms with van der Waals surface area (Å²) in [5.41, 5.74) is 24.1. The highest BCUT2D eigenvalue weighted by Gasteiger charge is 2.41. The normalized spacial score (nSPS) is 24.7. The molecule has 83 heavy (non-hydrogen) atoms. The molecule has 1 saturated heterocycles. The van der Waals surface area contributed by atoms with E-state index in [1.807, 2.05) is 0 Å². The van der Waals surface area contributed by atoms with Crippen molar-refractivity contribution in [1.29, 1.82) is 0 Å². The van der Waals surface area contributed by atoms with Gasteiger partial charge in [0.25, 0.3) is 0 Å². The lowest BCUT2D eigenvalue weighted by molar-refractivity contribution is -0.142. The fourth-order valence-corrected chi connectivity index (χ4v) is 9.46. The SMILES string of the molecule is CC(C)C[C@@H]1NC(=O)[C@H](CCCN)NC(=O)[C@@H](C(C)C)C(=O)[C@H](CC(N)=O)NC(=O)[C@@H](Cc2ccccc2)NC(=O)[C@H](CC(C)C)NC(=O)[C@H](CCCN)NC(=O)[C@H](C(C)C)NC(=O)[C@H](CC(N)=O)NC(=O)[C@@H](Cc2ccccc2)NC1=O. The lowest BCUT2D eigenvalue weighted by Crippen LogP contribution is -2.61. The van der Waals surface area contributed by atoms with Crippen molar-refractivity contribution in [3.63, 3.8) is 0 Å². The maximum Gasteiger partial charge on any atom is 0.243 e. The highest BCUT2D eigenvalue weighted by atomic mass is 16.2. The molecule has 0 unspecified atom stereocenters. The molecule has 0 aromatic heterocycles. The summed E-state index contributed by atoms with van der Waals surface area (Å²) in [4.78, 5) is 170. The minimum absolute atomic E-state index is 0.000603. The number of Topliss-reactive ketones (excluding diaryl/α,β-unsaturated/α-hetero) is 1. The topological polar surface area (TPSA) is 417 Å². The van der Waals surface area contributed by atoms with Crippen LogP contribution in [0, 0.1) is 29.6 Å². The van der Waals surface area contributed by atoms with Crippen LogP contribution >= 0.6 is 0 Å². The number of nitrogens with two attached hydrogens (primary N) is 4. The van der Waals surface area contributed by atoms with Gasteiger partial charge in [0.05, 0.1) is 18.9 Å². The Morgan fingerprint density at radius 3 is 1.10 bits per heavy atom. The number of amides is 11. The summed E-state index contributed by atoms with van der Waals surface area (Å²) in [6.07, 6.45) is -1.62. The van der Waals surface area contributed by atoms with E-state index >= 15 is 0 Å². The number of rotatable bonds is 20. The van der Waals surface area contributed by atoms with Crippen LogP contribution in [0.4, 0.5) is 0 Å². The molecule has 2 aromatic carbocycles. The first-order valence-electron chi connectivity index (χ1n) is 28.5. The third kappa shape index (κ3) is 23.5. The van der Waals surface area contributed by atoms with E-state index in [1.54, 1.807) is 102 Å². The molecule has 1 heterocycles. The first-order chi connectivity index (χ1) is 39.1. The van der Waals surface area contributed by atoms with Crippen LogP contribution in [-0.2, 0) is 70.4 Å². The summed E-state index contributed by atoms with van der Waals surface area (Å²) in [6, 6.07) is 3.63. The molecule has 458 valence electrons. The van der Waals surface area contributed by atoms with E-state index in [0.29, 0.717) is 11.1 Å². The van der Waals surface area contributed by atoms with Gasteiger partial charge < -0.3 is 70.8 Å². The molecule has 1 fully saturated rings. The molecule has 0 saturated carbocycles. The first kappa shape index (κ1) is 69.5. The molecule has 3 rings (SSSR count). The van der Waals surface area contributed by atoms with E-state index in [4.69, 9.17) is 22.9 Å². The smallest absolute Gasteiger partial charge is 0.243 e. The minimum Gasteiger partial charge on any atom is -0.370 e. The number of carbonyl (C=O) groups is 12. The summed E-state index contributed by atoms with van der Waals surface area (Å²) in [5.74, 6) is -14.8. The predicted molar refractivity (Wildman–Crippen MR) is 309 cm³/mol. The number of ketones is 1. The zero-order valence-corrected chi connectivity index (χ0v) is 49.1. The van der Waals surface area contributed by atoms with E-state index < -0.39 is 156 Å². The average molecular weight is 1160 g/mol. The third-order valence-electron chi connectivity index (χ3n) is 13.8. The molecular weight excluding hydrogens is 1070 g/mol. The fourth-order valence-electron chi connectivity index (χ4n) is 9.46. The number of nitrogens with one attached hydrogen (secondary N) is 9. The van der Waals surface area contributed by atoms with Crippen LogP contribution in [-0.4, -0.2) is 138 Å². The van der Waals surface area contributed by atoms with Crippen molar-refractivity contribution in [2.24, 2.45) is 52.5 Å². The van der Waals surface area contributed by atoms with Crippen LogP contribution in [0.1, 0.15) is 118 Å². The van der Waals surface area contributed by atoms with Crippen LogP contribution in [0.15, 0.2) is 60.7 Å². The fraction of sp³-hybridized carbons (Fsp3) is 0.586. The van der Waals surface area contributed by atoms with E-state index in [2.05, 4.69) is 47.9 Å². The molecule has 1 aliphatic rings. The lowest BCUT2D eigenvalue weighted by Gasteiger charge is -2.30. The zero-order valence-electron chi connectivity index (χ0n) is 49.1. The Bertz CT molecular complexity index is 2550. The van der Waals surface area contributed by atoms with Crippen LogP contribution in [0.2, 0.25) is 0 Å². The number of hydrogen-bond donors (Lipinski definition) is 13. The summed E-state index contributed by atoms with van der Waals surface area (Å²) in [5, 5.41) is 23.7. The monoisotopic (exact) mass is 1160 g/mol. The summed E-state index contributed by atoms with van der Waals surface area (Å²) in [6.45, 7) is 13.5. The van der Waals surface area contributed by atoms with Gasteiger partial charge in [0, 0.05) is 12.8 Å². The molecule has 0 spiro atoms. The first-order valence-corrected chi connectivity index (χ1v) is 28.5. The summed E-state index contributed by atoms with van der Waals surface area (Å²) < 4.78 is 0. The van der Waals surface area contributed by atoms with Gasteiger partial charge in [-0.25, -0.2) is 0 Å². The number of benzene rings is 2. The molecule has 0 aliphatic carbocycles. The van der Waals surface area contributed by atoms with Gasteiger partial charge >= 0.3 is 0 Å². The molecule has 2 aromatic rings. The molecular formula is C58H89N13O12. The van der Waals surface area contributed by atoms with Gasteiger partial charge in [-0.2, -0.15) is 0 Å². The Kier molecular flexibility index (Phi) is 29.0. The molecule has 0 radical (unpaired) electrons. The van der Waals surface area contributed by atoms with Crippen molar-refractivity contribution in [2.45, 2.75) is 174 Å². The van der Waals surface area contributed by atoms with Crippen molar-refractivity contribution in [3.05, 3.63) is 71.8 Å². The molecule has 17 N–H and O–H groups in total. The second-order valence-corrected chi connectivity index (χ2v) is 22.7. The zero-order chi connectivity index (χ0) is 62.1. The van der Waals surface area contributed by atoms with Gasteiger partial charge in [-0.3, -0.25) is 57.5 Å². The van der Waals surface area contributed by atoms with Gasteiger partial charge in [0.15, 0.2) is 5.78 Å². The van der Waals surface area contributed by atoms with Crippen molar-refractivity contribution in [1.82, 2.24) is 47.9 Å². The van der Waals surface area contributed by atoms with Crippen molar-refractivity contribution < 1.29 is 57.5 Å². The molecule has 1 aliphatic heterocycles.